The Morgan fingerprint density at radius 1 is 1.10 bits per heavy atom. The molecule has 1 aliphatic carbocycles. The van der Waals surface area contributed by atoms with Crippen LogP contribution < -0.4 is 15.5 Å². The summed E-state index contributed by atoms with van der Waals surface area (Å²) in [5.74, 6) is 1.29. The Kier molecular flexibility index (Phi) is 5.94. The van der Waals surface area contributed by atoms with Crippen LogP contribution in [0.3, 0.4) is 0 Å². The van der Waals surface area contributed by atoms with Gasteiger partial charge in [-0.2, -0.15) is 4.98 Å². The summed E-state index contributed by atoms with van der Waals surface area (Å²) in [4.78, 5) is 11.4. The maximum Gasteiger partial charge on any atom is 0.231 e. The zero-order chi connectivity index (χ0) is 20.3. The Morgan fingerprint density at radius 3 is 2.48 bits per heavy atom. The molecule has 154 valence electrons. The number of rotatable bonds is 5. The maximum absolute atomic E-state index is 13.4. The molecular formula is C22H28FN5S. The van der Waals surface area contributed by atoms with Crippen LogP contribution >= 0.6 is 12.2 Å². The van der Waals surface area contributed by atoms with Gasteiger partial charge in [0.25, 0.3) is 0 Å². The van der Waals surface area contributed by atoms with E-state index in [0.29, 0.717) is 11.1 Å². The third-order valence-electron chi connectivity index (χ3n) is 6.10. The number of hydrogen-bond donors (Lipinski definition) is 2. The van der Waals surface area contributed by atoms with Crippen molar-refractivity contribution in [1.82, 2.24) is 15.3 Å². The Morgan fingerprint density at radius 2 is 1.79 bits per heavy atom. The summed E-state index contributed by atoms with van der Waals surface area (Å²) in [7, 11) is 0. The van der Waals surface area contributed by atoms with Gasteiger partial charge in [0.1, 0.15) is 11.6 Å². The third-order valence-corrected chi connectivity index (χ3v) is 6.35. The first-order valence-corrected chi connectivity index (χ1v) is 10.9. The van der Waals surface area contributed by atoms with E-state index in [1.807, 2.05) is 25.1 Å². The number of aromatic nitrogens is 2. The molecule has 2 aliphatic rings. The van der Waals surface area contributed by atoms with Gasteiger partial charge in [-0.1, -0.05) is 25.0 Å². The Bertz CT molecular complexity index is 858. The van der Waals surface area contributed by atoms with Gasteiger partial charge in [0.2, 0.25) is 5.95 Å². The van der Waals surface area contributed by atoms with Crippen LogP contribution in [0.5, 0.6) is 0 Å². The van der Waals surface area contributed by atoms with Crippen LogP contribution in [-0.2, 0) is 5.41 Å². The molecule has 4 rings (SSSR count). The van der Waals surface area contributed by atoms with Gasteiger partial charge >= 0.3 is 0 Å². The van der Waals surface area contributed by atoms with Gasteiger partial charge in [0, 0.05) is 36.8 Å². The van der Waals surface area contributed by atoms with E-state index in [1.54, 1.807) is 12.1 Å². The second kappa shape index (κ2) is 8.61. The summed E-state index contributed by atoms with van der Waals surface area (Å²) in [6, 6.07) is 8.93. The molecule has 1 saturated carbocycles. The monoisotopic (exact) mass is 413 g/mol. The lowest BCUT2D eigenvalue weighted by Gasteiger charge is -2.30. The van der Waals surface area contributed by atoms with Gasteiger partial charge in [-0.25, -0.2) is 9.37 Å². The fraction of sp³-hybridized carbons (Fsp3) is 0.500. The highest BCUT2D eigenvalue weighted by atomic mass is 32.1. The third kappa shape index (κ3) is 4.66. The van der Waals surface area contributed by atoms with Crippen LogP contribution in [0.1, 0.15) is 49.8 Å². The highest BCUT2D eigenvalue weighted by Crippen LogP contribution is 2.40. The normalized spacial score (nSPS) is 18.1. The first-order valence-electron chi connectivity index (χ1n) is 10.5. The number of hydrogen-bond acceptors (Lipinski definition) is 4. The van der Waals surface area contributed by atoms with Crippen LogP contribution in [-0.4, -0.2) is 34.7 Å². The van der Waals surface area contributed by atoms with Crippen molar-refractivity contribution in [1.29, 1.82) is 0 Å². The second-order valence-electron chi connectivity index (χ2n) is 8.19. The van der Waals surface area contributed by atoms with Crippen molar-refractivity contribution in [3.05, 3.63) is 47.4 Å². The molecule has 2 heterocycles. The summed E-state index contributed by atoms with van der Waals surface area (Å²) in [5, 5.41) is 7.05. The van der Waals surface area contributed by atoms with E-state index >= 15 is 0 Å². The Balaban J connectivity index is 1.42. The van der Waals surface area contributed by atoms with Gasteiger partial charge in [-0.3, -0.25) is 0 Å². The van der Waals surface area contributed by atoms with Gasteiger partial charge in [-0.05, 0) is 62.5 Å². The van der Waals surface area contributed by atoms with Crippen molar-refractivity contribution in [2.75, 3.05) is 29.9 Å². The molecule has 1 aromatic heterocycles. The molecule has 0 spiro atoms. The molecule has 2 N–H and O–H groups in total. The molecule has 1 saturated heterocycles. The number of anilines is 2. The minimum Gasteiger partial charge on any atom is -0.361 e. The fourth-order valence-corrected chi connectivity index (χ4v) is 4.70. The van der Waals surface area contributed by atoms with Gasteiger partial charge in [0.05, 0.1) is 0 Å². The lowest BCUT2D eigenvalue weighted by Crippen LogP contribution is -2.41. The molecule has 2 aromatic rings. The zero-order valence-electron chi connectivity index (χ0n) is 16.9. The highest BCUT2D eigenvalue weighted by molar-refractivity contribution is 7.80. The van der Waals surface area contributed by atoms with Crippen molar-refractivity contribution < 1.29 is 4.39 Å². The predicted molar refractivity (Wildman–Crippen MR) is 119 cm³/mol. The molecule has 1 aliphatic heterocycles. The number of nitrogens with zero attached hydrogens (tertiary/aromatic N) is 3. The fourth-order valence-electron chi connectivity index (χ4n) is 4.53. The SMILES string of the molecule is Cc1cc(N2CCCC2)nc(NC(=S)NCC2(c3ccc(F)cc3)CCCC2)n1. The Hall–Kier alpha value is -2.28. The molecule has 0 amide bonds. The first-order chi connectivity index (χ1) is 14.0. The minimum atomic E-state index is -0.197. The summed E-state index contributed by atoms with van der Waals surface area (Å²) >= 11 is 5.54. The van der Waals surface area contributed by atoms with Crippen molar-refractivity contribution in [2.45, 2.75) is 50.9 Å². The van der Waals surface area contributed by atoms with E-state index in [2.05, 4.69) is 25.5 Å². The molecule has 0 atom stereocenters. The quantitative estimate of drug-likeness (QED) is 0.712. The molecule has 29 heavy (non-hydrogen) atoms. The summed E-state index contributed by atoms with van der Waals surface area (Å²) < 4.78 is 13.4. The standard InChI is InChI=1S/C22H28FN5S/c1-16-14-19(28-12-4-5-13-28)26-20(25-16)27-21(29)24-15-22(10-2-3-11-22)17-6-8-18(23)9-7-17/h6-9,14H,2-5,10-13,15H2,1H3,(H2,24,25,26,27,29). The van der Waals surface area contributed by atoms with E-state index in [-0.39, 0.29) is 11.2 Å². The van der Waals surface area contributed by atoms with E-state index in [1.165, 1.54) is 31.2 Å². The molecule has 7 heteroatoms. The summed E-state index contributed by atoms with van der Waals surface area (Å²) in [6.07, 6.45) is 6.93. The smallest absolute Gasteiger partial charge is 0.231 e. The number of halogens is 1. The van der Waals surface area contributed by atoms with Gasteiger partial charge < -0.3 is 15.5 Å². The maximum atomic E-state index is 13.4. The van der Waals surface area contributed by atoms with E-state index in [0.717, 1.165) is 44.0 Å². The lowest BCUT2D eigenvalue weighted by molar-refractivity contribution is 0.434. The molecule has 0 unspecified atom stereocenters. The first kappa shape index (κ1) is 20.0. The molecule has 2 fully saturated rings. The van der Waals surface area contributed by atoms with Gasteiger partial charge in [-0.15, -0.1) is 0 Å². The summed E-state index contributed by atoms with van der Waals surface area (Å²) in [6.45, 7) is 4.78. The molecule has 0 bridgehead atoms. The number of benzene rings is 1. The van der Waals surface area contributed by atoms with E-state index in [9.17, 15) is 4.39 Å². The zero-order valence-corrected chi connectivity index (χ0v) is 17.7. The van der Waals surface area contributed by atoms with E-state index < -0.39 is 0 Å². The Labute approximate surface area is 177 Å². The number of thiocarbonyl (C=S) groups is 1. The van der Waals surface area contributed by atoms with Crippen LogP contribution in [0, 0.1) is 12.7 Å². The number of aryl methyl sites for hydroxylation is 1. The van der Waals surface area contributed by atoms with Crippen molar-refractivity contribution in [3.63, 3.8) is 0 Å². The van der Waals surface area contributed by atoms with Gasteiger partial charge in [0.15, 0.2) is 5.11 Å². The van der Waals surface area contributed by atoms with Crippen molar-refractivity contribution in [3.8, 4) is 0 Å². The van der Waals surface area contributed by atoms with Crippen molar-refractivity contribution in [2.24, 2.45) is 0 Å². The molecular weight excluding hydrogens is 385 g/mol. The second-order valence-corrected chi connectivity index (χ2v) is 8.60. The van der Waals surface area contributed by atoms with Crippen LogP contribution in [0.4, 0.5) is 16.2 Å². The average Bonchev–Trinajstić information content (AvgIpc) is 3.39. The average molecular weight is 414 g/mol. The number of nitrogens with one attached hydrogen (secondary N) is 2. The van der Waals surface area contributed by atoms with Crippen molar-refractivity contribution >= 4 is 29.1 Å². The van der Waals surface area contributed by atoms with Crippen LogP contribution in [0.15, 0.2) is 30.3 Å². The molecule has 1 aromatic carbocycles. The molecule has 0 radical (unpaired) electrons. The minimum absolute atomic E-state index is 0.00634. The van der Waals surface area contributed by atoms with Crippen LogP contribution in [0.25, 0.3) is 0 Å². The van der Waals surface area contributed by atoms with E-state index in [4.69, 9.17) is 12.2 Å². The van der Waals surface area contributed by atoms with Crippen LogP contribution in [0.2, 0.25) is 0 Å². The molecule has 5 nitrogen and oxygen atoms in total. The topological polar surface area (TPSA) is 53.1 Å². The highest BCUT2D eigenvalue weighted by Gasteiger charge is 2.35. The lowest BCUT2D eigenvalue weighted by atomic mass is 9.79. The predicted octanol–water partition coefficient (Wildman–Crippen LogP) is 4.32. The summed E-state index contributed by atoms with van der Waals surface area (Å²) in [5.41, 5.74) is 2.09. The largest absolute Gasteiger partial charge is 0.361 e.